The van der Waals surface area contributed by atoms with Crippen LogP contribution >= 0.6 is 0 Å². The predicted molar refractivity (Wildman–Crippen MR) is 61.6 cm³/mol. The number of nitrogens with one attached hydrogen (secondary N) is 1. The maximum atomic E-state index is 4.63. The van der Waals surface area contributed by atoms with Crippen LogP contribution in [-0.2, 0) is 6.54 Å². The average Bonchev–Trinajstić information content (AvgIpc) is 3.07. The van der Waals surface area contributed by atoms with Gasteiger partial charge in [0, 0.05) is 19.5 Å². The summed E-state index contributed by atoms with van der Waals surface area (Å²) in [5.41, 5.74) is 0.897. The fraction of sp³-hybridized carbons (Fsp3) is 0.545. The van der Waals surface area contributed by atoms with Crippen molar-refractivity contribution in [1.29, 1.82) is 0 Å². The first-order chi connectivity index (χ1) is 7.83. The molecule has 3 aliphatic rings. The molecule has 1 N–H and O–H groups in total. The highest BCUT2D eigenvalue weighted by atomic mass is 15.2. The number of nitrogens with zero attached hydrogens (tertiary/aromatic N) is 4. The zero-order valence-corrected chi connectivity index (χ0v) is 9.56. The minimum absolute atomic E-state index is 0.586. The van der Waals surface area contributed by atoms with Crippen molar-refractivity contribution in [3.8, 4) is 11.5 Å². The van der Waals surface area contributed by atoms with Crippen LogP contribution in [-0.4, -0.2) is 26.6 Å². The number of aryl methyl sites for hydroxylation is 1. The second-order valence-electron chi connectivity index (χ2n) is 4.16. The van der Waals surface area contributed by atoms with Crippen molar-refractivity contribution in [2.75, 3.05) is 12.4 Å². The van der Waals surface area contributed by atoms with Crippen molar-refractivity contribution in [2.24, 2.45) is 0 Å². The van der Waals surface area contributed by atoms with Gasteiger partial charge in [-0.2, -0.15) is 0 Å². The van der Waals surface area contributed by atoms with Gasteiger partial charge in [-0.25, -0.2) is 15.0 Å². The summed E-state index contributed by atoms with van der Waals surface area (Å²) in [6, 6.07) is 0. The lowest BCUT2D eigenvalue weighted by molar-refractivity contribution is 0.730. The molecule has 2 aliphatic heterocycles. The molecule has 0 bridgehead atoms. The van der Waals surface area contributed by atoms with Gasteiger partial charge in [0.05, 0.1) is 6.33 Å². The molecule has 0 atom stereocenters. The van der Waals surface area contributed by atoms with Crippen molar-refractivity contribution in [2.45, 2.75) is 32.2 Å². The average molecular weight is 217 g/mol. The van der Waals surface area contributed by atoms with Gasteiger partial charge in [0.1, 0.15) is 5.82 Å². The van der Waals surface area contributed by atoms with E-state index in [0.29, 0.717) is 5.92 Å². The monoisotopic (exact) mass is 217 g/mol. The van der Waals surface area contributed by atoms with E-state index in [-0.39, 0.29) is 0 Å². The van der Waals surface area contributed by atoms with E-state index >= 15 is 0 Å². The van der Waals surface area contributed by atoms with Crippen LogP contribution in [0.25, 0.3) is 11.5 Å². The highest BCUT2D eigenvalue weighted by molar-refractivity contribution is 5.67. The number of rotatable bonds is 3. The number of imidazole rings is 1. The first-order valence-electron chi connectivity index (χ1n) is 5.74. The van der Waals surface area contributed by atoms with Crippen molar-refractivity contribution in [1.82, 2.24) is 19.5 Å². The summed E-state index contributed by atoms with van der Waals surface area (Å²) in [6.45, 7) is 2.96. The number of hydrogen-bond donors (Lipinski definition) is 1. The molecule has 5 heteroatoms. The highest BCUT2D eigenvalue weighted by Crippen LogP contribution is 2.40. The molecular weight excluding hydrogens is 202 g/mol. The number of anilines is 1. The molecule has 1 saturated carbocycles. The molecule has 84 valence electrons. The molecule has 0 aromatic carbocycles. The Morgan fingerprint density at radius 3 is 2.88 bits per heavy atom. The SMILES string of the molecule is CCn1cnc(NC)c2nc(C3CC3)nc1-2. The standard InChI is InChI=1S/C11H15N5/c1-3-16-6-13-10(12-2)8-11(16)15-9(14-8)7-4-5-7/h6-7,12H,3-5H2,1-2H3. The van der Waals surface area contributed by atoms with E-state index in [4.69, 9.17) is 0 Å². The Hall–Kier alpha value is -1.65. The van der Waals surface area contributed by atoms with Gasteiger partial charge in [0.15, 0.2) is 17.3 Å². The molecule has 0 aromatic heterocycles. The molecule has 0 amide bonds. The van der Waals surface area contributed by atoms with Crippen molar-refractivity contribution in [3.05, 3.63) is 12.2 Å². The van der Waals surface area contributed by atoms with Gasteiger partial charge in [-0.3, -0.25) is 0 Å². The first-order valence-corrected chi connectivity index (χ1v) is 5.74. The zero-order chi connectivity index (χ0) is 11.1. The molecule has 0 spiro atoms. The van der Waals surface area contributed by atoms with E-state index in [0.717, 1.165) is 29.7 Å². The molecule has 0 saturated heterocycles. The van der Waals surface area contributed by atoms with Crippen molar-refractivity contribution < 1.29 is 0 Å². The van der Waals surface area contributed by atoms with Gasteiger partial charge in [0.2, 0.25) is 0 Å². The van der Waals surface area contributed by atoms with Gasteiger partial charge in [-0.1, -0.05) is 0 Å². The number of aromatic nitrogens is 4. The second-order valence-corrected chi connectivity index (χ2v) is 4.16. The molecular formula is C11H15N5. The predicted octanol–water partition coefficient (Wildman–Crippen LogP) is 1.72. The summed E-state index contributed by atoms with van der Waals surface area (Å²) < 4.78 is 2.04. The fourth-order valence-electron chi connectivity index (χ4n) is 1.89. The van der Waals surface area contributed by atoms with E-state index in [1.165, 1.54) is 12.8 Å². The lowest BCUT2D eigenvalue weighted by atomic mass is 10.3. The third-order valence-electron chi connectivity index (χ3n) is 3.00. The number of hydrogen-bond acceptors (Lipinski definition) is 4. The minimum atomic E-state index is 0.586. The van der Waals surface area contributed by atoms with Gasteiger partial charge in [-0.05, 0) is 19.8 Å². The molecule has 0 aromatic rings. The first kappa shape index (κ1) is 9.57. The van der Waals surface area contributed by atoms with Gasteiger partial charge in [0.25, 0.3) is 0 Å². The van der Waals surface area contributed by atoms with Crippen molar-refractivity contribution in [3.63, 3.8) is 0 Å². The van der Waals surface area contributed by atoms with Crippen LogP contribution in [0, 0.1) is 0 Å². The van der Waals surface area contributed by atoms with Crippen LogP contribution in [0.5, 0.6) is 0 Å². The molecule has 3 rings (SSSR count). The summed E-state index contributed by atoms with van der Waals surface area (Å²) >= 11 is 0. The van der Waals surface area contributed by atoms with Crippen LogP contribution in [0.4, 0.5) is 5.82 Å². The maximum absolute atomic E-state index is 4.63. The molecule has 16 heavy (non-hydrogen) atoms. The summed E-state index contributed by atoms with van der Waals surface area (Å²) in [5.74, 6) is 3.34. The Morgan fingerprint density at radius 2 is 2.25 bits per heavy atom. The topological polar surface area (TPSA) is 55.6 Å². The third kappa shape index (κ3) is 1.35. The second kappa shape index (κ2) is 3.43. The Labute approximate surface area is 94.3 Å². The minimum Gasteiger partial charge on any atom is -0.371 e. The van der Waals surface area contributed by atoms with Crippen LogP contribution in [0.15, 0.2) is 6.33 Å². The van der Waals surface area contributed by atoms with E-state index in [2.05, 4.69) is 27.2 Å². The van der Waals surface area contributed by atoms with Crippen LogP contribution in [0.2, 0.25) is 0 Å². The molecule has 1 aliphatic carbocycles. The molecule has 2 heterocycles. The Bertz CT molecular complexity index is 448. The quantitative estimate of drug-likeness (QED) is 0.850. The lowest BCUT2D eigenvalue weighted by Crippen LogP contribution is -2.06. The summed E-state index contributed by atoms with van der Waals surface area (Å²) in [5, 5.41) is 3.07. The van der Waals surface area contributed by atoms with Crippen LogP contribution < -0.4 is 5.32 Å². The van der Waals surface area contributed by atoms with Crippen LogP contribution in [0.3, 0.4) is 0 Å². The van der Waals surface area contributed by atoms with Crippen LogP contribution in [0.1, 0.15) is 31.5 Å². The van der Waals surface area contributed by atoms with E-state index < -0.39 is 0 Å². The molecule has 0 unspecified atom stereocenters. The van der Waals surface area contributed by atoms with E-state index in [1.54, 1.807) is 0 Å². The fourth-order valence-corrected chi connectivity index (χ4v) is 1.89. The third-order valence-corrected chi connectivity index (χ3v) is 3.00. The molecule has 0 radical (unpaired) electrons. The molecule has 5 nitrogen and oxygen atoms in total. The Balaban J connectivity index is 2.18. The number of fused-ring (bicyclic) bond motifs is 1. The molecule has 1 fully saturated rings. The normalized spacial score (nSPS) is 15.6. The van der Waals surface area contributed by atoms with Crippen molar-refractivity contribution >= 4 is 5.82 Å². The maximum Gasteiger partial charge on any atom is 0.165 e. The summed E-state index contributed by atoms with van der Waals surface area (Å²) in [6.07, 6.45) is 4.27. The smallest absolute Gasteiger partial charge is 0.165 e. The Morgan fingerprint density at radius 1 is 1.44 bits per heavy atom. The lowest BCUT2D eigenvalue weighted by Gasteiger charge is -2.09. The highest BCUT2D eigenvalue weighted by Gasteiger charge is 2.30. The zero-order valence-electron chi connectivity index (χ0n) is 9.56. The summed E-state index contributed by atoms with van der Waals surface area (Å²) in [7, 11) is 1.86. The van der Waals surface area contributed by atoms with Gasteiger partial charge >= 0.3 is 0 Å². The largest absolute Gasteiger partial charge is 0.371 e. The van der Waals surface area contributed by atoms with E-state index in [1.807, 2.05) is 17.9 Å². The van der Waals surface area contributed by atoms with Gasteiger partial charge < -0.3 is 9.88 Å². The van der Waals surface area contributed by atoms with E-state index in [9.17, 15) is 0 Å². The summed E-state index contributed by atoms with van der Waals surface area (Å²) in [4.78, 5) is 13.6. The van der Waals surface area contributed by atoms with Gasteiger partial charge in [-0.15, -0.1) is 0 Å². The Kier molecular flexibility index (Phi) is 2.05.